The minimum atomic E-state index is -0.637. The lowest BCUT2D eigenvalue weighted by atomic mass is 10.2. The molecular formula is C9H20N2OS. The van der Waals surface area contributed by atoms with Gasteiger partial charge in [-0.25, -0.2) is 0 Å². The van der Waals surface area contributed by atoms with Crippen LogP contribution in [0.25, 0.3) is 0 Å². The van der Waals surface area contributed by atoms with Crippen LogP contribution in [0.2, 0.25) is 0 Å². The molecule has 4 heteroatoms. The van der Waals surface area contributed by atoms with Gasteiger partial charge in [0.05, 0.1) is 0 Å². The lowest BCUT2D eigenvalue weighted by molar-refractivity contribution is 0.260. The fraction of sp³-hybridized carbons (Fsp3) is 1.00. The molecule has 0 saturated carbocycles. The average Bonchev–Trinajstić information content (AvgIpc) is 2.51. The summed E-state index contributed by atoms with van der Waals surface area (Å²) in [7, 11) is -0.637. The summed E-state index contributed by atoms with van der Waals surface area (Å²) in [6, 6.07) is 0.588. The van der Waals surface area contributed by atoms with Crippen LogP contribution in [0.3, 0.4) is 0 Å². The maximum absolute atomic E-state index is 10.8. The number of likely N-dealkylation sites (tertiary alicyclic amines) is 1. The van der Waals surface area contributed by atoms with E-state index < -0.39 is 10.8 Å². The molecule has 1 aliphatic heterocycles. The summed E-state index contributed by atoms with van der Waals surface area (Å²) in [5, 5.41) is 0. The van der Waals surface area contributed by atoms with E-state index in [1.54, 1.807) is 6.26 Å². The molecule has 1 heterocycles. The number of rotatable bonds is 5. The summed E-state index contributed by atoms with van der Waals surface area (Å²) in [5.74, 6) is 0.827. The van der Waals surface area contributed by atoms with Gasteiger partial charge < -0.3 is 5.73 Å². The first-order valence-corrected chi connectivity index (χ1v) is 6.71. The molecule has 0 bridgehead atoms. The summed E-state index contributed by atoms with van der Waals surface area (Å²) >= 11 is 0. The Morgan fingerprint density at radius 2 is 2.38 bits per heavy atom. The summed E-state index contributed by atoms with van der Waals surface area (Å²) in [5.41, 5.74) is 5.65. The zero-order valence-corrected chi connectivity index (χ0v) is 9.18. The predicted molar refractivity (Wildman–Crippen MR) is 57.2 cm³/mol. The van der Waals surface area contributed by atoms with E-state index in [9.17, 15) is 4.21 Å². The van der Waals surface area contributed by atoms with Crippen molar-refractivity contribution in [3.63, 3.8) is 0 Å². The molecule has 1 saturated heterocycles. The lowest BCUT2D eigenvalue weighted by Crippen LogP contribution is -2.36. The number of nitrogens with zero attached hydrogens (tertiary/aromatic N) is 1. The minimum Gasteiger partial charge on any atom is -0.329 e. The Hall–Kier alpha value is 0.0700. The van der Waals surface area contributed by atoms with E-state index >= 15 is 0 Å². The maximum Gasteiger partial charge on any atom is 0.0244 e. The smallest absolute Gasteiger partial charge is 0.0244 e. The van der Waals surface area contributed by atoms with Crippen molar-refractivity contribution in [2.75, 3.05) is 31.6 Å². The molecule has 2 unspecified atom stereocenters. The fourth-order valence-corrected chi connectivity index (χ4v) is 2.46. The molecule has 0 amide bonds. The van der Waals surface area contributed by atoms with Gasteiger partial charge in [-0.1, -0.05) is 0 Å². The summed E-state index contributed by atoms with van der Waals surface area (Å²) in [4.78, 5) is 2.44. The number of hydrogen-bond acceptors (Lipinski definition) is 3. The summed E-state index contributed by atoms with van der Waals surface area (Å²) < 4.78 is 10.8. The Morgan fingerprint density at radius 3 is 3.00 bits per heavy atom. The second-order valence-corrected chi connectivity index (χ2v) is 5.25. The van der Waals surface area contributed by atoms with Gasteiger partial charge in [0, 0.05) is 35.4 Å². The van der Waals surface area contributed by atoms with Gasteiger partial charge in [-0.2, -0.15) is 0 Å². The van der Waals surface area contributed by atoms with Crippen LogP contribution in [-0.4, -0.2) is 46.8 Å². The quantitative estimate of drug-likeness (QED) is 0.695. The van der Waals surface area contributed by atoms with Gasteiger partial charge in [0.2, 0.25) is 0 Å². The van der Waals surface area contributed by atoms with Crippen LogP contribution in [0, 0.1) is 0 Å². The van der Waals surface area contributed by atoms with Crippen molar-refractivity contribution in [1.82, 2.24) is 4.90 Å². The van der Waals surface area contributed by atoms with E-state index in [1.165, 1.54) is 19.4 Å². The molecule has 2 atom stereocenters. The van der Waals surface area contributed by atoms with Gasteiger partial charge in [-0.15, -0.1) is 0 Å². The fourth-order valence-electron chi connectivity index (χ4n) is 1.93. The van der Waals surface area contributed by atoms with Crippen molar-refractivity contribution in [3.8, 4) is 0 Å². The molecule has 3 nitrogen and oxygen atoms in total. The van der Waals surface area contributed by atoms with Crippen LogP contribution in [0.4, 0.5) is 0 Å². The lowest BCUT2D eigenvalue weighted by Gasteiger charge is -2.22. The molecule has 1 fully saturated rings. The monoisotopic (exact) mass is 204 g/mol. The molecule has 0 aromatic carbocycles. The zero-order valence-electron chi connectivity index (χ0n) is 8.37. The van der Waals surface area contributed by atoms with Crippen LogP contribution in [0.1, 0.15) is 19.3 Å². The Bertz CT molecular complexity index is 175. The van der Waals surface area contributed by atoms with Gasteiger partial charge in [0.25, 0.3) is 0 Å². The second kappa shape index (κ2) is 5.73. The number of hydrogen-bond donors (Lipinski definition) is 1. The highest BCUT2D eigenvalue weighted by atomic mass is 32.2. The van der Waals surface area contributed by atoms with Gasteiger partial charge in [-0.05, 0) is 32.4 Å². The first kappa shape index (κ1) is 11.1. The SMILES string of the molecule is CS(=O)CCCN1CCCC1CN. The topological polar surface area (TPSA) is 46.3 Å². The second-order valence-electron chi connectivity index (χ2n) is 3.70. The van der Waals surface area contributed by atoms with Gasteiger partial charge >= 0.3 is 0 Å². The van der Waals surface area contributed by atoms with Crippen molar-refractivity contribution in [2.45, 2.75) is 25.3 Å². The molecule has 0 radical (unpaired) electrons. The van der Waals surface area contributed by atoms with E-state index in [0.717, 1.165) is 25.3 Å². The Morgan fingerprint density at radius 1 is 1.62 bits per heavy atom. The van der Waals surface area contributed by atoms with Crippen LogP contribution in [0.15, 0.2) is 0 Å². The molecule has 0 spiro atoms. The molecule has 2 N–H and O–H groups in total. The molecule has 1 aliphatic rings. The Labute approximate surface area is 83.1 Å². The standard InChI is InChI=1S/C9H20N2OS/c1-13(12)7-3-6-11-5-2-4-9(11)8-10/h9H,2-8,10H2,1H3. The molecule has 13 heavy (non-hydrogen) atoms. The van der Waals surface area contributed by atoms with Crippen LogP contribution < -0.4 is 5.73 Å². The van der Waals surface area contributed by atoms with E-state index in [2.05, 4.69) is 4.90 Å². The van der Waals surface area contributed by atoms with Crippen LogP contribution in [-0.2, 0) is 10.8 Å². The largest absolute Gasteiger partial charge is 0.329 e. The Kier molecular flexibility index (Phi) is 4.91. The molecular weight excluding hydrogens is 184 g/mol. The highest BCUT2D eigenvalue weighted by molar-refractivity contribution is 7.84. The van der Waals surface area contributed by atoms with Gasteiger partial charge in [0.15, 0.2) is 0 Å². The molecule has 1 rings (SSSR count). The van der Waals surface area contributed by atoms with Crippen molar-refractivity contribution in [2.24, 2.45) is 5.73 Å². The average molecular weight is 204 g/mol. The zero-order chi connectivity index (χ0) is 9.68. The Balaban J connectivity index is 2.16. The summed E-state index contributed by atoms with van der Waals surface area (Å²) in [6.45, 7) is 3.02. The first-order chi connectivity index (χ1) is 6.24. The van der Waals surface area contributed by atoms with E-state index in [-0.39, 0.29) is 0 Å². The first-order valence-electron chi connectivity index (χ1n) is 4.98. The predicted octanol–water partition coefficient (Wildman–Crippen LogP) is 0.178. The van der Waals surface area contributed by atoms with Gasteiger partial charge in [-0.3, -0.25) is 9.11 Å². The highest BCUT2D eigenvalue weighted by Crippen LogP contribution is 2.15. The third-order valence-corrected chi connectivity index (χ3v) is 3.51. The molecule has 0 aromatic heterocycles. The third-order valence-electron chi connectivity index (χ3n) is 2.65. The van der Waals surface area contributed by atoms with Crippen molar-refractivity contribution in [1.29, 1.82) is 0 Å². The maximum atomic E-state index is 10.8. The van der Waals surface area contributed by atoms with E-state index in [4.69, 9.17) is 5.73 Å². The molecule has 0 aliphatic carbocycles. The summed E-state index contributed by atoms with van der Waals surface area (Å²) in [6.07, 6.45) is 5.33. The highest BCUT2D eigenvalue weighted by Gasteiger charge is 2.21. The van der Waals surface area contributed by atoms with Crippen molar-refractivity contribution >= 4 is 10.8 Å². The normalized spacial score (nSPS) is 26.5. The minimum absolute atomic E-state index is 0.588. The van der Waals surface area contributed by atoms with Crippen LogP contribution in [0.5, 0.6) is 0 Å². The van der Waals surface area contributed by atoms with Crippen molar-refractivity contribution < 1.29 is 4.21 Å². The third kappa shape index (κ3) is 3.75. The molecule has 0 aromatic rings. The van der Waals surface area contributed by atoms with Crippen LogP contribution >= 0.6 is 0 Å². The number of nitrogens with two attached hydrogens (primary N) is 1. The van der Waals surface area contributed by atoms with E-state index in [1.807, 2.05) is 0 Å². The van der Waals surface area contributed by atoms with E-state index in [0.29, 0.717) is 6.04 Å². The van der Waals surface area contributed by atoms with Crippen molar-refractivity contribution in [3.05, 3.63) is 0 Å². The van der Waals surface area contributed by atoms with Gasteiger partial charge in [0.1, 0.15) is 0 Å². The molecule has 78 valence electrons.